The van der Waals surface area contributed by atoms with Crippen molar-refractivity contribution < 1.29 is 4.79 Å². The number of amides is 1. The van der Waals surface area contributed by atoms with Gasteiger partial charge in [0.2, 0.25) is 5.91 Å². The Morgan fingerprint density at radius 1 is 1.80 bits per heavy atom. The Labute approximate surface area is 60.5 Å². The maximum atomic E-state index is 10.7. The third-order valence-electron chi connectivity index (χ3n) is 1.59. The molecule has 0 aliphatic carbocycles. The molecule has 0 aromatic heterocycles. The first-order chi connectivity index (χ1) is 4.83. The molecule has 1 saturated heterocycles. The van der Waals surface area contributed by atoms with Crippen LogP contribution in [0.25, 0.3) is 0 Å². The van der Waals surface area contributed by atoms with Crippen molar-refractivity contribution in [2.75, 3.05) is 13.1 Å². The third kappa shape index (κ3) is 1.84. The average molecular weight is 140 g/mol. The lowest BCUT2D eigenvalue weighted by Gasteiger charge is -2.07. The van der Waals surface area contributed by atoms with Crippen LogP contribution in [0.1, 0.15) is 6.42 Å². The molecule has 1 atom stereocenters. The minimum Gasteiger partial charge on any atom is -0.349 e. The fourth-order valence-electron chi connectivity index (χ4n) is 1.04. The number of carbonyl (C=O) groups is 1. The molecule has 0 radical (unpaired) electrons. The summed E-state index contributed by atoms with van der Waals surface area (Å²) in [5.74, 6) is -0.0753. The molecule has 1 amide bonds. The van der Waals surface area contributed by atoms with Crippen molar-refractivity contribution in [3.63, 3.8) is 0 Å². The van der Waals surface area contributed by atoms with Gasteiger partial charge in [0.1, 0.15) is 0 Å². The second kappa shape index (κ2) is 3.37. The fourth-order valence-corrected chi connectivity index (χ4v) is 1.04. The fraction of sp³-hybridized carbons (Fsp3) is 0.571. The van der Waals surface area contributed by atoms with Crippen molar-refractivity contribution in [3.05, 3.63) is 12.7 Å². The van der Waals surface area contributed by atoms with Gasteiger partial charge >= 0.3 is 0 Å². The van der Waals surface area contributed by atoms with Crippen LogP contribution >= 0.6 is 0 Å². The van der Waals surface area contributed by atoms with Crippen molar-refractivity contribution >= 4 is 5.91 Å². The van der Waals surface area contributed by atoms with Crippen molar-refractivity contribution in [2.45, 2.75) is 12.5 Å². The van der Waals surface area contributed by atoms with Crippen molar-refractivity contribution in [1.82, 2.24) is 10.6 Å². The van der Waals surface area contributed by atoms with Crippen LogP contribution in [0.15, 0.2) is 12.7 Å². The molecule has 1 rings (SSSR count). The standard InChI is InChI=1S/C7H12N2O/c1-2-7(10)9-6-3-4-8-5-6/h2,6,8H,1,3-5H2,(H,9,10)/t6-/m0/s1. The van der Waals surface area contributed by atoms with Crippen LogP contribution in [0.5, 0.6) is 0 Å². The molecular formula is C7H12N2O. The molecule has 1 heterocycles. The van der Waals surface area contributed by atoms with Gasteiger partial charge in [-0.2, -0.15) is 0 Å². The van der Waals surface area contributed by atoms with Gasteiger partial charge in [0.05, 0.1) is 0 Å². The number of nitrogens with one attached hydrogen (secondary N) is 2. The van der Waals surface area contributed by atoms with E-state index in [1.54, 1.807) is 0 Å². The van der Waals surface area contributed by atoms with Gasteiger partial charge in [0.25, 0.3) is 0 Å². The Bertz CT molecular complexity index is 139. The van der Waals surface area contributed by atoms with E-state index in [1.807, 2.05) is 0 Å². The van der Waals surface area contributed by atoms with Gasteiger partial charge in [-0.1, -0.05) is 6.58 Å². The first-order valence-corrected chi connectivity index (χ1v) is 3.46. The topological polar surface area (TPSA) is 41.1 Å². The van der Waals surface area contributed by atoms with Crippen LogP contribution in [-0.4, -0.2) is 25.0 Å². The van der Waals surface area contributed by atoms with E-state index in [2.05, 4.69) is 17.2 Å². The summed E-state index contributed by atoms with van der Waals surface area (Å²) in [4.78, 5) is 10.7. The smallest absolute Gasteiger partial charge is 0.243 e. The molecule has 0 aromatic carbocycles. The lowest BCUT2D eigenvalue weighted by molar-refractivity contribution is -0.117. The predicted octanol–water partition coefficient (Wildman–Crippen LogP) is -0.349. The molecule has 0 unspecified atom stereocenters. The van der Waals surface area contributed by atoms with Crippen LogP contribution in [0.4, 0.5) is 0 Å². The number of rotatable bonds is 2. The summed E-state index contributed by atoms with van der Waals surface area (Å²) in [6, 6.07) is 0.311. The van der Waals surface area contributed by atoms with E-state index in [9.17, 15) is 4.79 Å². The van der Waals surface area contributed by atoms with Crippen LogP contribution in [0, 0.1) is 0 Å². The number of hydrogen-bond donors (Lipinski definition) is 2. The predicted molar refractivity (Wildman–Crippen MR) is 39.6 cm³/mol. The van der Waals surface area contributed by atoms with Gasteiger partial charge in [0.15, 0.2) is 0 Å². The number of carbonyl (C=O) groups excluding carboxylic acids is 1. The summed E-state index contributed by atoms with van der Waals surface area (Å²) in [6.45, 7) is 5.26. The molecule has 3 heteroatoms. The van der Waals surface area contributed by atoms with Crippen molar-refractivity contribution in [2.24, 2.45) is 0 Å². The Morgan fingerprint density at radius 2 is 2.60 bits per heavy atom. The normalized spacial score (nSPS) is 24.2. The van der Waals surface area contributed by atoms with E-state index in [0.717, 1.165) is 19.5 Å². The summed E-state index contributed by atoms with van der Waals surface area (Å²) >= 11 is 0. The van der Waals surface area contributed by atoms with Gasteiger partial charge in [-0.25, -0.2) is 0 Å². The first kappa shape index (κ1) is 7.28. The monoisotopic (exact) mass is 140 g/mol. The second-order valence-corrected chi connectivity index (χ2v) is 2.40. The summed E-state index contributed by atoms with van der Waals surface area (Å²) in [6.07, 6.45) is 2.33. The van der Waals surface area contributed by atoms with E-state index in [1.165, 1.54) is 6.08 Å². The Hall–Kier alpha value is -0.830. The van der Waals surface area contributed by atoms with Gasteiger partial charge in [0, 0.05) is 12.6 Å². The lowest BCUT2D eigenvalue weighted by atomic mass is 10.2. The average Bonchev–Trinajstić information content (AvgIpc) is 2.40. The van der Waals surface area contributed by atoms with E-state index in [-0.39, 0.29) is 5.91 Å². The Balaban J connectivity index is 2.23. The highest BCUT2D eigenvalue weighted by Gasteiger charge is 2.14. The largest absolute Gasteiger partial charge is 0.349 e. The highest BCUT2D eigenvalue weighted by molar-refractivity contribution is 5.87. The van der Waals surface area contributed by atoms with Gasteiger partial charge in [-0.15, -0.1) is 0 Å². The highest BCUT2D eigenvalue weighted by Crippen LogP contribution is 1.95. The van der Waals surface area contributed by atoms with Crippen LogP contribution < -0.4 is 10.6 Å². The second-order valence-electron chi connectivity index (χ2n) is 2.40. The van der Waals surface area contributed by atoms with E-state index >= 15 is 0 Å². The molecule has 10 heavy (non-hydrogen) atoms. The highest BCUT2D eigenvalue weighted by atomic mass is 16.1. The zero-order chi connectivity index (χ0) is 7.40. The molecule has 0 spiro atoms. The quantitative estimate of drug-likeness (QED) is 0.515. The van der Waals surface area contributed by atoms with E-state index in [0.29, 0.717) is 6.04 Å². The molecule has 0 bridgehead atoms. The summed E-state index contributed by atoms with van der Waals surface area (Å²) in [7, 11) is 0. The Morgan fingerprint density at radius 3 is 3.10 bits per heavy atom. The van der Waals surface area contributed by atoms with Crippen LogP contribution in [0.3, 0.4) is 0 Å². The zero-order valence-corrected chi connectivity index (χ0v) is 5.89. The minimum absolute atomic E-state index is 0.0753. The molecule has 56 valence electrons. The van der Waals surface area contributed by atoms with Crippen molar-refractivity contribution in [3.8, 4) is 0 Å². The van der Waals surface area contributed by atoms with Gasteiger partial charge < -0.3 is 10.6 Å². The summed E-state index contributed by atoms with van der Waals surface area (Å²) < 4.78 is 0. The SMILES string of the molecule is C=CC(=O)N[C@H]1CCNC1. The Kier molecular flexibility index (Phi) is 2.45. The number of hydrogen-bond acceptors (Lipinski definition) is 2. The van der Waals surface area contributed by atoms with E-state index in [4.69, 9.17) is 0 Å². The van der Waals surface area contributed by atoms with Crippen LogP contribution in [0.2, 0.25) is 0 Å². The molecular weight excluding hydrogens is 128 g/mol. The van der Waals surface area contributed by atoms with Crippen LogP contribution in [-0.2, 0) is 4.79 Å². The van der Waals surface area contributed by atoms with Crippen molar-refractivity contribution in [1.29, 1.82) is 0 Å². The molecule has 0 saturated carbocycles. The maximum absolute atomic E-state index is 10.7. The lowest BCUT2D eigenvalue weighted by Crippen LogP contribution is -2.34. The molecule has 1 aliphatic heterocycles. The van der Waals surface area contributed by atoms with Gasteiger partial charge in [-0.05, 0) is 19.0 Å². The maximum Gasteiger partial charge on any atom is 0.243 e. The molecule has 0 aromatic rings. The zero-order valence-electron chi connectivity index (χ0n) is 5.89. The molecule has 3 nitrogen and oxygen atoms in total. The summed E-state index contributed by atoms with van der Waals surface area (Å²) in [5, 5.41) is 5.96. The summed E-state index contributed by atoms with van der Waals surface area (Å²) in [5.41, 5.74) is 0. The molecule has 1 fully saturated rings. The third-order valence-corrected chi connectivity index (χ3v) is 1.59. The minimum atomic E-state index is -0.0753. The molecule has 2 N–H and O–H groups in total. The molecule has 1 aliphatic rings. The van der Waals surface area contributed by atoms with Gasteiger partial charge in [-0.3, -0.25) is 4.79 Å². The van der Waals surface area contributed by atoms with E-state index < -0.39 is 0 Å². The first-order valence-electron chi connectivity index (χ1n) is 3.46.